The summed E-state index contributed by atoms with van der Waals surface area (Å²) in [5.74, 6) is -1.04. The monoisotopic (exact) mass is 393 g/mol. The van der Waals surface area contributed by atoms with Crippen LogP contribution in [0.5, 0.6) is 0 Å². The number of hydrogen-bond donors (Lipinski definition) is 0. The summed E-state index contributed by atoms with van der Waals surface area (Å²) in [7, 11) is -2.08. The van der Waals surface area contributed by atoms with Gasteiger partial charge in [0.05, 0.1) is 29.2 Å². The Hall–Kier alpha value is -2.19. The fraction of sp³-hybridized carbons (Fsp3) is 0.333. The molecule has 0 spiro atoms. The molecule has 138 valence electrons. The number of sulfone groups is 1. The lowest BCUT2D eigenvalue weighted by Crippen LogP contribution is -2.34. The van der Waals surface area contributed by atoms with Crippen molar-refractivity contribution >= 4 is 33.1 Å². The highest BCUT2D eigenvalue weighted by Crippen LogP contribution is 2.32. The molecular weight excluding hydrogens is 374 g/mol. The maximum atomic E-state index is 12.9. The van der Waals surface area contributed by atoms with E-state index < -0.39 is 21.1 Å². The molecule has 26 heavy (non-hydrogen) atoms. The van der Waals surface area contributed by atoms with Crippen molar-refractivity contribution in [3.05, 3.63) is 57.8 Å². The minimum atomic E-state index is -3.34. The highest BCUT2D eigenvalue weighted by atomic mass is 32.2. The normalized spacial score (nSPS) is 19.6. The largest absolute Gasteiger partial charge is 0.465 e. The van der Waals surface area contributed by atoms with Crippen LogP contribution in [0.1, 0.15) is 37.3 Å². The summed E-state index contributed by atoms with van der Waals surface area (Å²) in [6.07, 6.45) is 0.342. The Morgan fingerprint density at radius 3 is 2.50 bits per heavy atom. The Labute approximate surface area is 156 Å². The highest BCUT2D eigenvalue weighted by molar-refractivity contribution is 7.91. The molecule has 8 heteroatoms. The summed E-state index contributed by atoms with van der Waals surface area (Å²) >= 11 is 1.41. The highest BCUT2D eigenvalue weighted by Gasteiger charge is 2.34. The number of hydrogen-bond acceptors (Lipinski definition) is 6. The van der Waals surface area contributed by atoms with Crippen molar-refractivity contribution in [2.24, 2.45) is 0 Å². The van der Waals surface area contributed by atoms with Crippen LogP contribution in [0.15, 0.2) is 41.8 Å². The van der Waals surface area contributed by atoms with E-state index in [4.69, 9.17) is 4.74 Å². The van der Waals surface area contributed by atoms with Gasteiger partial charge in [0.1, 0.15) is 0 Å². The maximum Gasteiger partial charge on any atom is 0.338 e. The van der Waals surface area contributed by atoms with Gasteiger partial charge in [0.25, 0.3) is 5.91 Å². The number of carbonyl (C=O) groups excluding carboxylic acids is 2. The Morgan fingerprint density at radius 1 is 1.12 bits per heavy atom. The van der Waals surface area contributed by atoms with E-state index in [2.05, 4.69) is 0 Å². The number of thiophene rings is 1. The average Bonchev–Trinajstić information content (AvgIpc) is 3.11. The summed E-state index contributed by atoms with van der Waals surface area (Å²) in [6.45, 7) is 0.425. The third-order valence-electron chi connectivity index (χ3n) is 4.45. The SMILES string of the molecule is COC(=O)c1ccccc1C(=O)N1CC[C@@H](c2cccs2)S(=O)(=O)CC1. The lowest BCUT2D eigenvalue weighted by molar-refractivity contribution is 0.0590. The number of esters is 1. The van der Waals surface area contributed by atoms with E-state index in [1.165, 1.54) is 29.4 Å². The van der Waals surface area contributed by atoms with E-state index in [1.807, 2.05) is 17.5 Å². The van der Waals surface area contributed by atoms with Crippen LogP contribution in [-0.4, -0.2) is 51.1 Å². The molecule has 0 radical (unpaired) electrons. The Balaban J connectivity index is 1.86. The molecule has 1 amide bonds. The molecular formula is C18H19NO5S2. The molecule has 1 fully saturated rings. The summed E-state index contributed by atoms with van der Waals surface area (Å²) in [6, 6.07) is 10.1. The zero-order valence-electron chi connectivity index (χ0n) is 14.3. The fourth-order valence-corrected chi connectivity index (χ4v) is 6.07. The second-order valence-electron chi connectivity index (χ2n) is 5.99. The van der Waals surface area contributed by atoms with Crippen molar-refractivity contribution in [3.8, 4) is 0 Å². The number of benzene rings is 1. The number of ether oxygens (including phenoxy) is 1. The number of rotatable bonds is 3. The third kappa shape index (κ3) is 3.66. The molecule has 2 heterocycles. The van der Waals surface area contributed by atoms with Crippen LogP contribution in [0.3, 0.4) is 0 Å². The molecule has 1 aliphatic heterocycles. The standard InChI is InChI=1S/C18H19NO5S2/c1-24-18(21)14-6-3-2-5-13(14)17(20)19-9-8-16(15-7-4-11-25-15)26(22,23)12-10-19/h2-7,11,16H,8-10,12H2,1H3/t16-/m0/s1. The smallest absolute Gasteiger partial charge is 0.338 e. The zero-order valence-corrected chi connectivity index (χ0v) is 15.9. The quantitative estimate of drug-likeness (QED) is 0.749. The molecule has 1 aromatic heterocycles. The molecule has 3 rings (SSSR count). The van der Waals surface area contributed by atoms with Crippen molar-refractivity contribution in [2.75, 3.05) is 26.0 Å². The second kappa shape index (κ2) is 7.59. The van der Waals surface area contributed by atoms with Crippen molar-refractivity contribution < 1.29 is 22.7 Å². The van der Waals surface area contributed by atoms with Crippen LogP contribution in [0.2, 0.25) is 0 Å². The lowest BCUT2D eigenvalue weighted by Gasteiger charge is -2.21. The molecule has 1 aliphatic rings. The topological polar surface area (TPSA) is 80.8 Å². The van der Waals surface area contributed by atoms with Gasteiger partial charge in [-0.15, -0.1) is 11.3 Å². The zero-order chi connectivity index (χ0) is 18.7. The van der Waals surface area contributed by atoms with Crippen LogP contribution in [0.4, 0.5) is 0 Å². The Morgan fingerprint density at radius 2 is 1.85 bits per heavy atom. The van der Waals surface area contributed by atoms with Gasteiger partial charge in [-0.05, 0) is 30.0 Å². The number of carbonyl (C=O) groups is 2. The molecule has 0 unspecified atom stereocenters. The third-order valence-corrected chi connectivity index (χ3v) is 7.69. The molecule has 2 aromatic rings. The van der Waals surface area contributed by atoms with E-state index in [9.17, 15) is 18.0 Å². The lowest BCUT2D eigenvalue weighted by atomic mass is 10.1. The first-order chi connectivity index (χ1) is 12.4. The predicted octanol–water partition coefficient (Wildman–Crippen LogP) is 2.54. The number of methoxy groups -OCH3 is 1. The van der Waals surface area contributed by atoms with Crippen LogP contribution in [0.25, 0.3) is 0 Å². The Kier molecular flexibility index (Phi) is 5.43. The molecule has 0 aliphatic carbocycles. The van der Waals surface area contributed by atoms with E-state index in [1.54, 1.807) is 18.2 Å². The fourth-order valence-electron chi connectivity index (χ4n) is 3.07. The minimum Gasteiger partial charge on any atom is -0.465 e. The Bertz CT molecular complexity index is 905. The van der Waals surface area contributed by atoms with Gasteiger partial charge < -0.3 is 9.64 Å². The van der Waals surface area contributed by atoms with Gasteiger partial charge in [0, 0.05) is 18.0 Å². The van der Waals surface area contributed by atoms with E-state index in [0.717, 1.165) is 4.88 Å². The van der Waals surface area contributed by atoms with E-state index >= 15 is 0 Å². The van der Waals surface area contributed by atoms with Gasteiger partial charge in [-0.3, -0.25) is 4.79 Å². The molecule has 1 aromatic carbocycles. The molecule has 0 N–H and O–H groups in total. The predicted molar refractivity (Wildman–Crippen MR) is 99.1 cm³/mol. The van der Waals surface area contributed by atoms with Gasteiger partial charge >= 0.3 is 5.97 Å². The summed E-state index contributed by atoms with van der Waals surface area (Å²) < 4.78 is 30.0. The van der Waals surface area contributed by atoms with Gasteiger partial charge in [0.2, 0.25) is 0 Å². The summed E-state index contributed by atoms with van der Waals surface area (Å²) in [5, 5.41) is 1.27. The van der Waals surface area contributed by atoms with Crippen LogP contribution < -0.4 is 0 Å². The minimum absolute atomic E-state index is 0.0955. The summed E-state index contributed by atoms with van der Waals surface area (Å²) in [4.78, 5) is 27.1. The first kappa shape index (κ1) is 18.6. The number of nitrogens with zero attached hydrogens (tertiary/aromatic N) is 1. The van der Waals surface area contributed by atoms with E-state index in [-0.39, 0.29) is 29.3 Å². The molecule has 6 nitrogen and oxygen atoms in total. The van der Waals surface area contributed by atoms with Gasteiger partial charge in [0.15, 0.2) is 9.84 Å². The number of amides is 1. The summed E-state index contributed by atoms with van der Waals surface area (Å²) in [5.41, 5.74) is 0.410. The first-order valence-electron chi connectivity index (χ1n) is 8.15. The van der Waals surface area contributed by atoms with Crippen LogP contribution in [0, 0.1) is 0 Å². The van der Waals surface area contributed by atoms with Crippen LogP contribution >= 0.6 is 11.3 Å². The molecule has 0 bridgehead atoms. The van der Waals surface area contributed by atoms with Gasteiger partial charge in [-0.2, -0.15) is 0 Å². The average molecular weight is 393 g/mol. The van der Waals surface area contributed by atoms with Gasteiger partial charge in [-0.25, -0.2) is 13.2 Å². The van der Waals surface area contributed by atoms with Crippen molar-refractivity contribution in [3.63, 3.8) is 0 Å². The second-order valence-corrected chi connectivity index (χ2v) is 9.27. The molecule has 0 saturated carbocycles. The van der Waals surface area contributed by atoms with Crippen LogP contribution in [-0.2, 0) is 14.6 Å². The van der Waals surface area contributed by atoms with Crippen molar-refractivity contribution in [2.45, 2.75) is 11.7 Å². The van der Waals surface area contributed by atoms with Gasteiger partial charge in [-0.1, -0.05) is 18.2 Å². The van der Waals surface area contributed by atoms with Crippen molar-refractivity contribution in [1.82, 2.24) is 4.90 Å². The maximum absolute atomic E-state index is 12.9. The first-order valence-corrected chi connectivity index (χ1v) is 10.7. The molecule has 1 atom stereocenters. The van der Waals surface area contributed by atoms with Crippen molar-refractivity contribution in [1.29, 1.82) is 0 Å². The van der Waals surface area contributed by atoms with E-state index in [0.29, 0.717) is 13.0 Å². The molecule has 1 saturated heterocycles.